The van der Waals surface area contributed by atoms with Crippen LogP contribution in [0.4, 0.5) is 5.69 Å². The molecule has 0 bridgehead atoms. The Morgan fingerprint density at radius 1 is 1.29 bits per heavy atom. The van der Waals surface area contributed by atoms with Gasteiger partial charge in [-0.3, -0.25) is 4.79 Å². The highest BCUT2D eigenvalue weighted by Gasteiger charge is 2.17. The maximum atomic E-state index is 12.2. The van der Waals surface area contributed by atoms with Crippen LogP contribution in [0.3, 0.4) is 0 Å². The van der Waals surface area contributed by atoms with Gasteiger partial charge in [0.2, 0.25) is 12.7 Å². The van der Waals surface area contributed by atoms with Gasteiger partial charge in [-0.1, -0.05) is 17.8 Å². The van der Waals surface area contributed by atoms with Crippen molar-refractivity contribution in [3.8, 4) is 11.5 Å². The van der Waals surface area contributed by atoms with Crippen LogP contribution < -0.4 is 14.8 Å². The molecular formula is C15H14N2O3S. The van der Waals surface area contributed by atoms with E-state index < -0.39 is 0 Å². The normalized spacial score (nSPS) is 13.8. The second kappa shape index (κ2) is 6.05. The van der Waals surface area contributed by atoms with Crippen LogP contribution in [0.1, 0.15) is 6.92 Å². The Kier molecular flexibility index (Phi) is 3.96. The second-order valence-electron chi connectivity index (χ2n) is 4.49. The fraction of sp³-hybridized carbons (Fsp3) is 0.200. The van der Waals surface area contributed by atoms with Gasteiger partial charge in [-0.15, -0.1) is 0 Å². The zero-order chi connectivity index (χ0) is 14.7. The van der Waals surface area contributed by atoms with Crippen LogP contribution in [-0.2, 0) is 4.79 Å². The summed E-state index contributed by atoms with van der Waals surface area (Å²) in [6.45, 7) is 2.07. The molecule has 0 aliphatic carbocycles. The number of hydrogen-bond donors (Lipinski definition) is 1. The number of nitrogens with one attached hydrogen (secondary N) is 1. The molecule has 3 rings (SSSR count). The molecular weight excluding hydrogens is 288 g/mol. The quantitative estimate of drug-likeness (QED) is 0.880. The van der Waals surface area contributed by atoms with E-state index in [-0.39, 0.29) is 18.0 Å². The van der Waals surface area contributed by atoms with Crippen molar-refractivity contribution >= 4 is 23.4 Å². The summed E-state index contributed by atoms with van der Waals surface area (Å²) in [4.78, 5) is 16.4. The van der Waals surface area contributed by atoms with Crippen LogP contribution in [0.25, 0.3) is 0 Å². The topological polar surface area (TPSA) is 60.5 Å². The molecule has 0 radical (unpaired) electrons. The van der Waals surface area contributed by atoms with Crippen molar-refractivity contribution in [3.63, 3.8) is 0 Å². The molecule has 1 aliphatic heterocycles. The Bertz CT molecular complexity index is 649. The van der Waals surface area contributed by atoms with Gasteiger partial charge in [-0.2, -0.15) is 0 Å². The highest BCUT2D eigenvalue weighted by atomic mass is 32.2. The summed E-state index contributed by atoms with van der Waals surface area (Å²) in [5.74, 6) is 1.27. The standard InChI is InChI=1S/C15H14N2O3S/c1-10(21-14-4-2-3-7-16-14)15(18)17-11-5-6-12-13(8-11)20-9-19-12/h2-8,10H,9H2,1H3,(H,17,18)/t10-/m1/s1. The van der Waals surface area contributed by atoms with Crippen LogP contribution in [-0.4, -0.2) is 22.9 Å². The number of nitrogens with zero attached hydrogens (tertiary/aromatic N) is 1. The minimum Gasteiger partial charge on any atom is -0.454 e. The average Bonchev–Trinajstić information content (AvgIpc) is 2.95. The Hall–Kier alpha value is -2.21. The van der Waals surface area contributed by atoms with Gasteiger partial charge in [-0.25, -0.2) is 4.98 Å². The molecule has 1 atom stereocenters. The van der Waals surface area contributed by atoms with E-state index >= 15 is 0 Å². The lowest BCUT2D eigenvalue weighted by atomic mass is 10.2. The van der Waals surface area contributed by atoms with Gasteiger partial charge in [0.1, 0.15) is 0 Å². The molecule has 1 N–H and O–H groups in total. The number of aromatic nitrogens is 1. The van der Waals surface area contributed by atoms with E-state index in [4.69, 9.17) is 9.47 Å². The molecule has 0 saturated carbocycles. The van der Waals surface area contributed by atoms with Crippen molar-refractivity contribution in [3.05, 3.63) is 42.6 Å². The van der Waals surface area contributed by atoms with E-state index in [2.05, 4.69) is 10.3 Å². The molecule has 0 saturated heterocycles. The Morgan fingerprint density at radius 2 is 2.14 bits per heavy atom. The van der Waals surface area contributed by atoms with Crippen LogP contribution in [0.15, 0.2) is 47.6 Å². The number of amides is 1. The second-order valence-corrected chi connectivity index (χ2v) is 5.85. The molecule has 2 aromatic rings. The zero-order valence-corrected chi connectivity index (χ0v) is 12.2. The average molecular weight is 302 g/mol. The molecule has 6 heteroatoms. The first kappa shape index (κ1) is 13.8. The van der Waals surface area contributed by atoms with Crippen molar-refractivity contribution < 1.29 is 14.3 Å². The number of thioether (sulfide) groups is 1. The molecule has 1 aromatic carbocycles. The summed E-state index contributed by atoms with van der Waals surface area (Å²) in [7, 11) is 0. The largest absolute Gasteiger partial charge is 0.454 e. The SMILES string of the molecule is C[C@@H](Sc1ccccn1)C(=O)Nc1ccc2c(c1)OCO2. The summed E-state index contributed by atoms with van der Waals surface area (Å²) >= 11 is 1.42. The number of fused-ring (bicyclic) bond motifs is 1. The smallest absolute Gasteiger partial charge is 0.237 e. The van der Waals surface area contributed by atoms with E-state index in [1.807, 2.05) is 25.1 Å². The van der Waals surface area contributed by atoms with Gasteiger partial charge in [-0.05, 0) is 31.2 Å². The molecule has 0 spiro atoms. The third-order valence-corrected chi connectivity index (χ3v) is 4.00. The first-order valence-electron chi connectivity index (χ1n) is 6.50. The fourth-order valence-electron chi connectivity index (χ4n) is 1.87. The predicted octanol–water partition coefficient (Wildman–Crippen LogP) is 2.93. The molecule has 108 valence electrons. The number of pyridine rings is 1. The van der Waals surface area contributed by atoms with E-state index in [1.54, 1.807) is 24.4 Å². The predicted molar refractivity (Wildman–Crippen MR) is 80.8 cm³/mol. The molecule has 1 amide bonds. The number of hydrogen-bond acceptors (Lipinski definition) is 5. The molecule has 2 heterocycles. The Balaban J connectivity index is 1.63. The first-order chi connectivity index (χ1) is 10.2. The molecule has 0 fully saturated rings. The van der Waals surface area contributed by atoms with Gasteiger partial charge in [0.05, 0.1) is 10.3 Å². The summed E-state index contributed by atoms with van der Waals surface area (Å²) in [6, 6.07) is 11.0. The summed E-state index contributed by atoms with van der Waals surface area (Å²) in [6.07, 6.45) is 1.71. The molecule has 1 aliphatic rings. The highest BCUT2D eigenvalue weighted by Crippen LogP contribution is 2.34. The summed E-state index contributed by atoms with van der Waals surface area (Å²) in [5.41, 5.74) is 0.692. The number of rotatable bonds is 4. The number of carbonyl (C=O) groups is 1. The van der Waals surface area contributed by atoms with Crippen molar-refractivity contribution in [2.45, 2.75) is 17.2 Å². The monoisotopic (exact) mass is 302 g/mol. The minimum absolute atomic E-state index is 0.0791. The molecule has 21 heavy (non-hydrogen) atoms. The van der Waals surface area contributed by atoms with Crippen LogP contribution in [0, 0.1) is 0 Å². The number of anilines is 1. The molecule has 1 aromatic heterocycles. The van der Waals surface area contributed by atoms with E-state index in [0.717, 1.165) is 5.03 Å². The van der Waals surface area contributed by atoms with E-state index in [0.29, 0.717) is 17.2 Å². The molecule has 5 nitrogen and oxygen atoms in total. The van der Waals surface area contributed by atoms with E-state index in [9.17, 15) is 4.79 Å². The summed E-state index contributed by atoms with van der Waals surface area (Å²) < 4.78 is 10.5. The van der Waals surface area contributed by atoms with Gasteiger partial charge in [0.25, 0.3) is 0 Å². The maximum absolute atomic E-state index is 12.2. The Labute approximate surface area is 126 Å². The van der Waals surface area contributed by atoms with Gasteiger partial charge < -0.3 is 14.8 Å². The lowest BCUT2D eigenvalue weighted by Gasteiger charge is -2.11. The number of carbonyl (C=O) groups excluding carboxylic acids is 1. The zero-order valence-electron chi connectivity index (χ0n) is 11.4. The first-order valence-corrected chi connectivity index (χ1v) is 7.38. The minimum atomic E-state index is -0.245. The highest BCUT2D eigenvalue weighted by molar-refractivity contribution is 8.00. The summed E-state index contributed by atoms with van der Waals surface area (Å²) in [5, 5.41) is 3.45. The van der Waals surface area contributed by atoms with Gasteiger partial charge in [0, 0.05) is 18.0 Å². The third-order valence-electron chi connectivity index (χ3n) is 2.94. The lowest BCUT2D eigenvalue weighted by molar-refractivity contribution is -0.115. The van der Waals surface area contributed by atoms with Crippen LogP contribution in [0.2, 0.25) is 0 Å². The van der Waals surface area contributed by atoms with E-state index in [1.165, 1.54) is 11.8 Å². The van der Waals surface area contributed by atoms with Gasteiger partial charge >= 0.3 is 0 Å². The third kappa shape index (κ3) is 3.28. The number of ether oxygens (including phenoxy) is 2. The van der Waals surface area contributed by atoms with Crippen molar-refractivity contribution in [2.24, 2.45) is 0 Å². The van der Waals surface area contributed by atoms with Crippen LogP contribution in [0.5, 0.6) is 11.5 Å². The van der Waals surface area contributed by atoms with Crippen molar-refractivity contribution in [1.82, 2.24) is 4.98 Å². The lowest BCUT2D eigenvalue weighted by Crippen LogP contribution is -2.22. The van der Waals surface area contributed by atoms with Crippen molar-refractivity contribution in [1.29, 1.82) is 0 Å². The molecule has 0 unspecified atom stereocenters. The number of benzene rings is 1. The van der Waals surface area contributed by atoms with Crippen molar-refractivity contribution in [2.75, 3.05) is 12.1 Å². The van der Waals surface area contributed by atoms with Gasteiger partial charge in [0.15, 0.2) is 11.5 Å². The fourth-order valence-corrected chi connectivity index (χ4v) is 2.68. The Morgan fingerprint density at radius 3 is 2.95 bits per heavy atom. The maximum Gasteiger partial charge on any atom is 0.237 e. The van der Waals surface area contributed by atoms with Crippen LogP contribution >= 0.6 is 11.8 Å².